The molecule has 1 fully saturated rings. The fourth-order valence-electron chi connectivity index (χ4n) is 3.72. The number of benzene rings is 1. The van der Waals surface area contributed by atoms with Gasteiger partial charge >= 0.3 is 0 Å². The molecule has 1 amide bonds. The number of nitrogens with one attached hydrogen (secondary N) is 2. The van der Waals surface area contributed by atoms with Gasteiger partial charge in [-0.25, -0.2) is 0 Å². The fourth-order valence-corrected chi connectivity index (χ4v) is 3.72. The number of carbonyl (C=O) groups excluding carboxylic acids is 1. The van der Waals surface area contributed by atoms with Crippen LogP contribution in [0.25, 0.3) is 11.1 Å². The predicted octanol–water partition coefficient (Wildman–Crippen LogP) is 3.50. The molecule has 0 spiro atoms. The summed E-state index contributed by atoms with van der Waals surface area (Å²) >= 11 is 0. The number of anilines is 1. The van der Waals surface area contributed by atoms with Crippen LogP contribution in [0.15, 0.2) is 41.2 Å². The van der Waals surface area contributed by atoms with Crippen molar-refractivity contribution in [1.82, 2.24) is 25.8 Å². The highest BCUT2D eigenvalue weighted by Gasteiger charge is 2.24. The molecule has 3 aromatic rings. The van der Waals surface area contributed by atoms with Gasteiger partial charge in [-0.15, -0.1) is 12.4 Å². The number of aryl methyl sites for hydroxylation is 1. The minimum Gasteiger partial charge on any atom is -0.367 e. The Labute approximate surface area is 200 Å². The van der Waals surface area contributed by atoms with Gasteiger partial charge in [0.15, 0.2) is 0 Å². The molecule has 4 rings (SSSR count). The van der Waals surface area contributed by atoms with Crippen LogP contribution in [-0.4, -0.2) is 47.2 Å². The molecule has 0 aliphatic carbocycles. The lowest BCUT2D eigenvalue weighted by Gasteiger charge is -2.31. The number of pyridine rings is 1. The van der Waals surface area contributed by atoms with Crippen molar-refractivity contribution in [2.75, 3.05) is 31.1 Å². The largest absolute Gasteiger partial charge is 0.367 e. The lowest BCUT2D eigenvalue weighted by molar-refractivity contribution is 0.0937. The summed E-state index contributed by atoms with van der Waals surface area (Å²) in [5.74, 6) is 0.158. The molecule has 1 aromatic carbocycles. The number of amides is 1. The Morgan fingerprint density at radius 2 is 1.97 bits per heavy atom. The standard InChI is InChI=1S/C24H30N6O2.ClH/c1-16-13-17(19-7-8-26-15-20(19)30-11-9-25-10-12-30)5-6-18(16)14-27-22(31)21-28-23(32-29-21)24(2,3)4;/h5-8,13,15,25H,9-12,14H2,1-4H3,(H,27,31);1H. The molecule has 1 saturated heterocycles. The highest BCUT2D eigenvalue weighted by atomic mass is 35.5. The number of carbonyl (C=O) groups is 1. The SMILES string of the molecule is Cc1cc(-c2ccncc2N2CCNCC2)ccc1CNC(=O)c1noc(C(C)(C)C)n1.Cl. The molecular weight excluding hydrogens is 440 g/mol. The van der Waals surface area contributed by atoms with E-state index in [0.717, 1.165) is 48.6 Å². The van der Waals surface area contributed by atoms with Gasteiger partial charge < -0.3 is 20.1 Å². The van der Waals surface area contributed by atoms with E-state index >= 15 is 0 Å². The monoisotopic (exact) mass is 470 g/mol. The lowest BCUT2D eigenvalue weighted by Crippen LogP contribution is -2.43. The molecule has 2 N–H and O–H groups in total. The second-order valence-corrected chi connectivity index (χ2v) is 9.13. The van der Waals surface area contributed by atoms with E-state index in [-0.39, 0.29) is 29.6 Å². The fraction of sp³-hybridized carbons (Fsp3) is 0.417. The van der Waals surface area contributed by atoms with E-state index in [0.29, 0.717) is 12.4 Å². The Bertz CT molecular complexity index is 1100. The average Bonchev–Trinajstić information content (AvgIpc) is 3.30. The van der Waals surface area contributed by atoms with Crippen LogP contribution in [0.1, 0.15) is 48.4 Å². The number of hydrogen-bond acceptors (Lipinski definition) is 7. The van der Waals surface area contributed by atoms with Crippen molar-refractivity contribution < 1.29 is 9.32 Å². The molecule has 0 saturated carbocycles. The molecule has 0 atom stereocenters. The smallest absolute Gasteiger partial charge is 0.292 e. The van der Waals surface area contributed by atoms with Crippen LogP contribution in [-0.2, 0) is 12.0 Å². The van der Waals surface area contributed by atoms with Gasteiger partial charge in [-0.3, -0.25) is 9.78 Å². The van der Waals surface area contributed by atoms with E-state index in [9.17, 15) is 4.79 Å². The summed E-state index contributed by atoms with van der Waals surface area (Å²) in [6.45, 7) is 12.2. The van der Waals surface area contributed by atoms with Crippen molar-refractivity contribution in [3.05, 3.63) is 59.5 Å². The first-order valence-corrected chi connectivity index (χ1v) is 10.9. The van der Waals surface area contributed by atoms with Crippen LogP contribution in [0.2, 0.25) is 0 Å². The van der Waals surface area contributed by atoms with Crippen LogP contribution >= 0.6 is 12.4 Å². The number of halogens is 1. The van der Waals surface area contributed by atoms with E-state index in [1.54, 1.807) is 0 Å². The normalized spacial score (nSPS) is 14.0. The Morgan fingerprint density at radius 3 is 2.64 bits per heavy atom. The van der Waals surface area contributed by atoms with Gasteiger partial charge in [0, 0.05) is 49.9 Å². The van der Waals surface area contributed by atoms with Crippen LogP contribution in [0.4, 0.5) is 5.69 Å². The maximum Gasteiger partial charge on any atom is 0.292 e. The van der Waals surface area contributed by atoms with Gasteiger partial charge in [-0.05, 0) is 29.7 Å². The molecule has 2 aromatic heterocycles. The first-order valence-electron chi connectivity index (χ1n) is 10.9. The highest BCUT2D eigenvalue weighted by molar-refractivity contribution is 5.90. The van der Waals surface area contributed by atoms with Crippen molar-refractivity contribution in [3.8, 4) is 11.1 Å². The lowest BCUT2D eigenvalue weighted by atomic mass is 9.97. The minimum absolute atomic E-state index is 0. The first-order chi connectivity index (χ1) is 15.3. The summed E-state index contributed by atoms with van der Waals surface area (Å²) < 4.78 is 5.22. The van der Waals surface area contributed by atoms with E-state index in [2.05, 4.69) is 61.8 Å². The Morgan fingerprint density at radius 1 is 1.21 bits per heavy atom. The zero-order valence-electron chi connectivity index (χ0n) is 19.5. The van der Waals surface area contributed by atoms with Gasteiger partial charge in [0.2, 0.25) is 5.89 Å². The van der Waals surface area contributed by atoms with Gasteiger partial charge in [-0.2, -0.15) is 4.98 Å². The number of aromatic nitrogens is 3. The number of hydrogen-bond donors (Lipinski definition) is 2. The average molecular weight is 471 g/mol. The highest BCUT2D eigenvalue weighted by Crippen LogP contribution is 2.31. The Kier molecular flexibility index (Phi) is 7.71. The summed E-state index contributed by atoms with van der Waals surface area (Å²) in [4.78, 5) is 23.4. The molecule has 176 valence electrons. The van der Waals surface area contributed by atoms with Crippen molar-refractivity contribution in [1.29, 1.82) is 0 Å². The molecule has 0 unspecified atom stereocenters. The molecule has 0 radical (unpaired) electrons. The zero-order valence-corrected chi connectivity index (χ0v) is 20.3. The third-order valence-electron chi connectivity index (χ3n) is 5.62. The minimum atomic E-state index is -0.345. The van der Waals surface area contributed by atoms with E-state index in [4.69, 9.17) is 4.52 Å². The van der Waals surface area contributed by atoms with Crippen molar-refractivity contribution >= 4 is 24.0 Å². The third kappa shape index (κ3) is 5.69. The quantitative estimate of drug-likeness (QED) is 0.589. The molecule has 33 heavy (non-hydrogen) atoms. The summed E-state index contributed by atoms with van der Waals surface area (Å²) in [6.07, 6.45) is 3.78. The van der Waals surface area contributed by atoms with Crippen LogP contribution in [0, 0.1) is 6.92 Å². The molecule has 1 aliphatic heterocycles. The maximum absolute atomic E-state index is 12.5. The van der Waals surface area contributed by atoms with Crippen molar-refractivity contribution in [3.63, 3.8) is 0 Å². The third-order valence-corrected chi connectivity index (χ3v) is 5.62. The summed E-state index contributed by atoms with van der Waals surface area (Å²) in [6, 6.07) is 8.39. The number of nitrogens with zero attached hydrogens (tertiary/aromatic N) is 4. The van der Waals surface area contributed by atoms with Gasteiger partial charge in [-0.1, -0.05) is 44.1 Å². The summed E-state index contributed by atoms with van der Waals surface area (Å²) in [5, 5.41) is 10.1. The first kappa shape index (κ1) is 24.7. The Hall–Kier alpha value is -2.97. The van der Waals surface area contributed by atoms with Gasteiger partial charge in [0.1, 0.15) is 0 Å². The molecule has 8 nitrogen and oxygen atoms in total. The van der Waals surface area contributed by atoms with Crippen LogP contribution in [0.5, 0.6) is 0 Å². The molecule has 0 bridgehead atoms. The van der Waals surface area contributed by atoms with Crippen LogP contribution in [0.3, 0.4) is 0 Å². The topological polar surface area (TPSA) is 96.2 Å². The molecule has 1 aliphatic rings. The summed E-state index contributed by atoms with van der Waals surface area (Å²) in [7, 11) is 0. The summed E-state index contributed by atoms with van der Waals surface area (Å²) in [5.41, 5.74) is 5.31. The zero-order chi connectivity index (χ0) is 22.7. The predicted molar refractivity (Wildman–Crippen MR) is 131 cm³/mol. The number of rotatable bonds is 5. The van der Waals surface area contributed by atoms with E-state index in [1.165, 1.54) is 5.56 Å². The van der Waals surface area contributed by atoms with Gasteiger partial charge in [0.05, 0.1) is 11.9 Å². The second kappa shape index (κ2) is 10.3. The van der Waals surface area contributed by atoms with Crippen molar-refractivity contribution in [2.45, 2.75) is 39.7 Å². The van der Waals surface area contributed by atoms with Gasteiger partial charge in [0.25, 0.3) is 11.7 Å². The Balaban J connectivity index is 0.00000306. The van der Waals surface area contributed by atoms with Crippen LogP contribution < -0.4 is 15.5 Å². The number of piperazine rings is 1. The molecule has 3 heterocycles. The maximum atomic E-state index is 12.5. The molecule has 9 heteroatoms. The van der Waals surface area contributed by atoms with E-state index < -0.39 is 0 Å². The van der Waals surface area contributed by atoms with Crippen molar-refractivity contribution in [2.24, 2.45) is 0 Å². The van der Waals surface area contributed by atoms with E-state index in [1.807, 2.05) is 33.2 Å². The second-order valence-electron chi connectivity index (χ2n) is 9.13. The molecular formula is C24H31ClN6O2.